The largest absolute Gasteiger partial charge is 0.380 e. The summed E-state index contributed by atoms with van der Waals surface area (Å²) in [6, 6.07) is 10.8. The first-order valence-corrected chi connectivity index (χ1v) is 12.5. The molecule has 0 saturated carbocycles. The molecule has 0 radical (unpaired) electrons. The van der Waals surface area contributed by atoms with E-state index >= 15 is 0 Å². The fraction of sp³-hybridized carbons (Fsp3) is 0.286. The fourth-order valence-electron chi connectivity index (χ4n) is 3.67. The molecule has 0 amide bonds. The summed E-state index contributed by atoms with van der Waals surface area (Å²) in [7, 11) is -4.12. The van der Waals surface area contributed by atoms with Gasteiger partial charge in [-0.05, 0) is 31.0 Å². The van der Waals surface area contributed by atoms with Crippen molar-refractivity contribution in [3.8, 4) is 0 Å². The van der Waals surface area contributed by atoms with Gasteiger partial charge in [-0.15, -0.1) is 11.3 Å². The van der Waals surface area contributed by atoms with E-state index in [1.54, 1.807) is 5.38 Å². The third-order valence-corrected chi connectivity index (χ3v) is 7.57. The molecule has 1 saturated heterocycles. The SMILES string of the molecule is Cc1cccc(CN2CCC(Nc3cc(F)c(S(=O)(=O)Nc4nccs4)cc3Cl)C2)c1. The predicted molar refractivity (Wildman–Crippen MR) is 123 cm³/mol. The quantitative estimate of drug-likeness (QED) is 0.511. The van der Waals surface area contributed by atoms with Crippen molar-refractivity contribution in [3.05, 3.63) is 69.9 Å². The summed E-state index contributed by atoms with van der Waals surface area (Å²) >= 11 is 7.41. The number of sulfonamides is 1. The topological polar surface area (TPSA) is 74.3 Å². The normalized spacial score (nSPS) is 17.1. The van der Waals surface area contributed by atoms with Crippen molar-refractivity contribution >= 4 is 43.8 Å². The highest BCUT2D eigenvalue weighted by Crippen LogP contribution is 2.31. The molecular formula is C21H22ClFN4O2S2. The smallest absolute Gasteiger partial charge is 0.266 e. The number of nitrogens with zero attached hydrogens (tertiary/aromatic N) is 2. The van der Waals surface area contributed by atoms with Gasteiger partial charge < -0.3 is 5.32 Å². The number of rotatable bonds is 7. The first-order chi connectivity index (χ1) is 14.8. The van der Waals surface area contributed by atoms with Crippen molar-refractivity contribution in [2.24, 2.45) is 0 Å². The molecule has 1 fully saturated rings. The van der Waals surface area contributed by atoms with E-state index < -0.39 is 20.7 Å². The second-order valence-corrected chi connectivity index (χ2v) is 10.5. The van der Waals surface area contributed by atoms with Crippen LogP contribution in [0.15, 0.2) is 52.9 Å². The minimum absolute atomic E-state index is 0.0950. The standard InChI is InChI=1S/C21H22ClFN4O2S2/c1-14-3-2-4-15(9-14)12-27-7-5-16(13-27)25-19-11-18(23)20(10-17(19)22)31(28,29)26-21-24-6-8-30-21/h2-4,6,8-11,16,25H,5,7,12-13H2,1H3,(H,24,26). The van der Waals surface area contributed by atoms with Gasteiger partial charge in [0.25, 0.3) is 10.0 Å². The third-order valence-electron chi connectivity index (χ3n) is 5.09. The van der Waals surface area contributed by atoms with Gasteiger partial charge in [-0.3, -0.25) is 9.62 Å². The lowest BCUT2D eigenvalue weighted by molar-refractivity contribution is 0.328. The summed E-state index contributed by atoms with van der Waals surface area (Å²) in [5, 5.41) is 5.20. The van der Waals surface area contributed by atoms with Gasteiger partial charge in [0.1, 0.15) is 10.7 Å². The van der Waals surface area contributed by atoms with Crippen molar-refractivity contribution < 1.29 is 12.8 Å². The van der Waals surface area contributed by atoms with Crippen LogP contribution >= 0.6 is 22.9 Å². The van der Waals surface area contributed by atoms with Crippen LogP contribution in [0.25, 0.3) is 0 Å². The second kappa shape index (κ2) is 9.12. The van der Waals surface area contributed by atoms with Gasteiger partial charge in [-0.2, -0.15) is 0 Å². The molecule has 0 spiro atoms. The minimum atomic E-state index is -4.12. The summed E-state index contributed by atoms with van der Waals surface area (Å²) in [4.78, 5) is 5.68. The summed E-state index contributed by atoms with van der Waals surface area (Å²) in [6.07, 6.45) is 2.35. The van der Waals surface area contributed by atoms with Crippen LogP contribution in [0.1, 0.15) is 17.5 Å². The van der Waals surface area contributed by atoms with Gasteiger partial charge in [0.2, 0.25) is 0 Å². The molecule has 164 valence electrons. The first kappa shape index (κ1) is 22.0. The van der Waals surface area contributed by atoms with Crippen LogP contribution in [-0.2, 0) is 16.6 Å². The maximum Gasteiger partial charge on any atom is 0.266 e. The molecule has 1 atom stereocenters. The van der Waals surface area contributed by atoms with E-state index in [0.29, 0.717) is 5.69 Å². The Bertz CT molecular complexity index is 1170. The summed E-state index contributed by atoms with van der Waals surface area (Å²) in [6.45, 7) is 4.62. The minimum Gasteiger partial charge on any atom is -0.380 e. The van der Waals surface area contributed by atoms with Crippen LogP contribution in [0.3, 0.4) is 0 Å². The number of anilines is 2. The van der Waals surface area contributed by atoms with E-state index in [4.69, 9.17) is 11.6 Å². The molecule has 4 rings (SSSR count). The highest BCUT2D eigenvalue weighted by atomic mass is 35.5. The Labute approximate surface area is 190 Å². The number of benzene rings is 2. The van der Waals surface area contributed by atoms with Crippen molar-refractivity contribution in [1.29, 1.82) is 0 Å². The molecule has 1 aliphatic heterocycles. The van der Waals surface area contributed by atoms with Gasteiger partial charge in [0.15, 0.2) is 5.13 Å². The molecule has 6 nitrogen and oxygen atoms in total. The number of aryl methyl sites for hydroxylation is 1. The lowest BCUT2D eigenvalue weighted by Gasteiger charge is -2.19. The van der Waals surface area contributed by atoms with Gasteiger partial charge in [0.05, 0.1) is 10.7 Å². The Kier molecular flexibility index (Phi) is 6.47. The molecule has 2 aromatic carbocycles. The van der Waals surface area contributed by atoms with E-state index in [9.17, 15) is 12.8 Å². The summed E-state index contributed by atoms with van der Waals surface area (Å²) in [5.41, 5.74) is 2.87. The highest BCUT2D eigenvalue weighted by molar-refractivity contribution is 7.93. The van der Waals surface area contributed by atoms with Crippen molar-refractivity contribution in [2.75, 3.05) is 23.1 Å². The van der Waals surface area contributed by atoms with Gasteiger partial charge >= 0.3 is 0 Å². The van der Waals surface area contributed by atoms with Gasteiger partial charge in [-0.25, -0.2) is 17.8 Å². The van der Waals surface area contributed by atoms with Gasteiger partial charge in [0, 0.05) is 37.3 Å². The predicted octanol–water partition coefficient (Wildman–Crippen LogP) is 4.73. The molecule has 31 heavy (non-hydrogen) atoms. The van der Waals surface area contributed by atoms with E-state index in [1.807, 2.05) is 0 Å². The fourth-order valence-corrected chi connectivity index (χ4v) is 5.83. The molecule has 1 aromatic heterocycles. The Hall–Kier alpha value is -2.20. The number of likely N-dealkylation sites (tertiary alicyclic amines) is 1. The average molecular weight is 481 g/mol. The monoisotopic (exact) mass is 480 g/mol. The average Bonchev–Trinajstić information content (AvgIpc) is 3.36. The lowest BCUT2D eigenvalue weighted by Crippen LogP contribution is -2.26. The number of hydrogen-bond acceptors (Lipinski definition) is 6. The summed E-state index contributed by atoms with van der Waals surface area (Å²) in [5.74, 6) is -0.870. The molecule has 1 unspecified atom stereocenters. The van der Waals surface area contributed by atoms with Crippen LogP contribution < -0.4 is 10.0 Å². The molecule has 2 heterocycles. The molecule has 2 N–H and O–H groups in total. The van der Waals surface area contributed by atoms with Crippen molar-refractivity contribution in [3.63, 3.8) is 0 Å². The van der Waals surface area contributed by atoms with E-state index in [1.165, 1.54) is 17.3 Å². The maximum absolute atomic E-state index is 14.7. The molecule has 10 heteroatoms. The Morgan fingerprint density at radius 3 is 2.90 bits per heavy atom. The molecule has 0 bridgehead atoms. The zero-order valence-electron chi connectivity index (χ0n) is 16.8. The number of aromatic nitrogens is 1. The Balaban J connectivity index is 1.43. The maximum atomic E-state index is 14.7. The zero-order chi connectivity index (χ0) is 22.0. The van der Waals surface area contributed by atoms with Crippen molar-refractivity contribution in [2.45, 2.75) is 30.8 Å². The van der Waals surface area contributed by atoms with E-state index in [2.05, 4.69) is 51.1 Å². The van der Waals surface area contributed by atoms with Crippen LogP contribution in [-0.4, -0.2) is 37.4 Å². The lowest BCUT2D eigenvalue weighted by atomic mass is 10.1. The summed E-state index contributed by atoms with van der Waals surface area (Å²) < 4.78 is 41.9. The van der Waals surface area contributed by atoms with Crippen molar-refractivity contribution in [1.82, 2.24) is 9.88 Å². The zero-order valence-corrected chi connectivity index (χ0v) is 19.2. The number of nitrogens with one attached hydrogen (secondary N) is 2. The second-order valence-electron chi connectivity index (χ2n) is 7.56. The van der Waals surface area contributed by atoms with Crippen LogP contribution in [0.5, 0.6) is 0 Å². The van der Waals surface area contributed by atoms with E-state index in [-0.39, 0.29) is 16.2 Å². The third kappa shape index (κ3) is 5.35. The molecular weight excluding hydrogens is 459 g/mol. The number of thiazole rings is 1. The van der Waals surface area contributed by atoms with Crippen LogP contribution in [0.2, 0.25) is 5.02 Å². The van der Waals surface area contributed by atoms with Crippen LogP contribution in [0.4, 0.5) is 15.2 Å². The van der Waals surface area contributed by atoms with E-state index in [0.717, 1.165) is 49.5 Å². The highest BCUT2D eigenvalue weighted by Gasteiger charge is 2.26. The first-order valence-electron chi connectivity index (χ1n) is 9.76. The molecule has 0 aliphatic carbocycles. The Morgan fingerprint density at radius 1 is 1.32 bits per heavy atom. The number of hydrogen-bond donors (Lipinski definition) is 2. The molecule has 3 aromatic rings. The van der Waals surface area contributed by atoms with Gasteiger partial charge in [-0.1, -0.05) is 41.4 Å². The number of halogens is 2. The molecule has 1 aliphatic rings. The Morgan fingerprint density at radius 2 is 2.16 bits per heavy atom. The van der Waals surface area contributed by atoms with Crippen LogP contribution in [0, 0.1) is 12.7 Å².